The van der Waals surface area contributed by atoms with E-state index in [4.69, 9.17) is 27.9 Å². The molecule has 0 spiro atoms. The van der Waals surface area contributed by atoms with Crippen LogP contribution in [0.15, 0.2) is 102 Å². The lowest BCUT2D eigenvalue weighted by Gasteiger charge is -2.34. The summed E-state index contributed by atoms with van der Waals surface area (Å²) >= 11 is 13.1. The molecule has 4 aromatic carbocycles. The maximum absolute atomic E-state index is 14.5. The molecule has 0 radical (unpaired) electrons. The first-order valence-corrected chi connectivity index (χ1v) is 18.2. The van der Waals surface area contributed by atoms with E-state index in [0.29, 0.717) is 33.5 Å². The maximum atomic E-state index is 14.5. The second-order valence-electron chi connectivity index (χ2n) is 11.9. The third kappa shape index (κ3) is 8.50. The van der Waals surface area contributed by atoms with Crippen molar-refractivity contribution in [2.75, 3.05) is 10.8 Å². The number of ether oxygens (including phenoxy) is 1. The molecule has 0 saturated heterocycles. The van der Waals surface area contributed by atoms with E-state index >= 15 is 0 Å². The van der Waals surface area contributed by atoms with Crippen LogP contribution in [0.4, 0.5) is 5.69 Å². The third-order valence-corrected chi connectivity index (χ3v) is 11.0. The van der Waals surface area contributed by atoms with Crippen molar-refractivity contribution in [1.29, 1.82) is 0 Å². The predicted octanol–water partition coefficient (Wildman–Crippen LogP) is 8.16. The molecule has 0 aromatic heterocycles. The molecule has 0 bridgehead atoms. The third-order valence-electron chi connectivity index (χ3n) is 8.47. The van der Waals surface area contributed by atoms with Crippen LogP contribution in [0, 0.1) is 6.92 Å². The SMILES string of the molecule is CCC(C(=O)NC1CCCC1)N(Cc1c(Cl)cccc1Cl)C(=O)CN(c1ccc(Oc2ccccc2)cc1)S(=O)(=O)c1ccc(C)cc1. The molecule has 11 heteroatoms. The number of hydrogen-bond acceptors (Lipinski definition) is 5. The number of nitrogens with zero attached hydrogens (tertiary/aromatic N) is 2. The summed E-state index contributed by atoms with van der Waals surface area (Å²) < 4.78 is 35.5. The van der Waals surface area contributed by atoms with E-state index < -0.39 is 28.5 Å². The molecule has 1 aliphatic rings. The van der Waals surface area contributed by atoms with Gasteiger partial charge in [0.2, 0.25) is 11.8 Å². The zero-order valence-corrected chi connectivity index (χ0v) is 29.3. The monoisotopic (exact) mass is 707 g/mol. The van der Waals surface area contributed by atoms with Crippen molar-refractivity contribution in [3.05, 3.63) is 118 Å². The molecule has 1 N–H and O–H groups in total. The van der Waals surface area contributed by atoms with Crippen LogP contribution in [0.25, 0.3) is 0 Å². The summed E-state index contributed by atoms with van der Waals surface area (Å²) in [5.41, 5.74) is 1.61. The lowest BCUT2D eigenvalue weighted by atomic mass is 10.1. The molecule has 8 nitrogen and oxygen atoms in total. The summed E-state index contributed by atoms with van der Waals surface area (Å²) in [7, 11) is -4.24. The van der Waals surface area contributed by atoms with Crippen molar-refractivity contribution in [2.24, 2.45) is 0 Å². The largest absolute Gasteiger partial charge is 0.457 e. The number of para-hydroxylation sites is 1. The first kappa shape index (κ1) is 35.3. The second-order valence-corrected chi connectivity index (χ2v) is 14.5. The van der Waals surface area contributed by atoms with Gasteiger partial charge in [-0.25, -0.2) is 8.42 Å². The van der Waals surface area contributed by atoms with Gasteiger partial charge >= 0.3 is 0 Å². The van der Waals surface area contributed by atoms with Gasteiger partial charge < -0.3 is 15.0 Å². The molecule has 5 rings (SSSR count). The minimum atomic E-state index is -4.24. The molecule has 2 amide bonds. The molecule has 1 unspecified atom stereocenters. The number of benzene rings is 4. The van der Waals surface area contributed by atoms with Crippen LogP contribution in [-0.4, -0.2) is 43.8 Å². The highest BCUT2D eigenvalue weighted by Crippen LogP contribution is 2.31. The quantitative estimate of drug-likeness (QED) is 0.151. The van der Waals surface area contributed by atoms with Gasteiger partial charge in [0.15, 0.2) is 0 Å². The van der Waals surface area contributed by atoms with E-state index in [-0.39, 0.29) is 29.1 Å². The molecule has 1 aliphatic carbocycles. The standard InChI is InChI=1S/C37H39Cl2N3O5S/c1-3-35(37(44)40-27-10-7-8-11-27)41(24-32-33(38)14-9-15-34(32)39)36(43)25-42(48(45,46)31-22-16-26(2)17-23-31)28-18-20-30(21-19-28)47-29-12-5-4-6-13-29/h4-6,9,12-23,27,35H,3,7-8,10-11,24-25H2,1-2H3,(H,40,44). The smallest absolute Gasteiger partial charge is 0.264 e. The number of sulfonamides is 1. The van der Waals surface area contributed by atoms with Gasteiger partial charge in [-0.2, -0.15) is 0 Å². The van der Waals surface area contributed by atoms with Gasteiger partial charge in [-0.3, -0.25) is 13.9 Å². The van der Waals surface area contributed by atoms with Crippen molar-refractivity contribution in [3.63, 3.8) is 0 Å². The molecular formula is C37H39Cl2N3O5S. The molecule has 252 valence electrons. The molecule has 1 atom stereocenters. The molecule has 0 aliphatic heterocycles. The molecular weight excluding hydrogens is 669 g/mol. The van der Waals surface area contributed by atoms with Gasteiger partial charge in [0.25, 0.3) is 10.0 Å². The van der Waals surface area contributed by atoms with Gasteiger partial charge in [-0.15, -0.1) is 0 Å². The fourth-order valence-corrected chi connectivity index (χ4v) is 7.74. The molecule has 48 heavy (non-hydrogen) atoms. The number of rotatable bonds is 13. The Hall–Kier alpha value is -4.05. The van der Waals surface area contributed by atoms with Gasteiger partial charge in [-0.05, 0) is 86.8 Å². The van der Waals surface area contributed by atoms with E-state index in [1.807, 2.05) is 44.2 Å². The molecule has 1 fully saturated rings. The second kappa shape index (κ2) is 15.9. The molecule has 1 saturated carbocycles. The van der Waals surface area contributed by atoms with Crippen LogP contribution < -0.4 is 14.4 Å². The summed E-state index contributed by atoms with van der Waals surface area (Å²) in [6, 6.07) is 26.3. The van der Waals surface area contributed by atoms with E-state index in [0.717, 1.165) is 35.6 Å². The average Bonchev–Trinajstić information content (AvgIpc) is 3.59. The normalized spacial score (nSPS) is 13.9. The van der Waals surface area contributed by atoms with Gasteiger partial charge in [0, 0.05) is 28.2 Å². The zero-order valence-electron chi connectivity index (χ0n) is 26.9. The maximum Gasteiger partial charge on any atom is 0.264 e. The first-order chi connectivity index (χ1) is 23.1. The number of carbonyl (C=O) groups excluding carboxylic acids is 2. The Balaban J connectivity index is 1.51. The summed E-state index contributed by atoms with van der Waals surface area (Å²) in [5.74, 6) is 0.240. The summed E-state index contributed by atoms with van der Waals surface area (Å²) in [6.07, 6.45) is 4.10. The predicted molar refractivity (Wildman–Crippen MR) is 190 cm³/mol. The Labute approximate surface area is 292 Å². The fraction of sp³-hybridized carbons (Fsp3) is 0.297. The highest BCUT2D eigenvalue weighted by Gasteiger charge is 2.35. The molecule has 0 heterocycles. The highest BCUT2D eigenvalue weighted by molar-refractivity contribution is 7.92. The van der Waals surface area contributed by atoms with Gasteiger partial charge in [-0.1, -0.05) is 84.9 Å². The number of aryl methyl sites for hydroxylation is 1. The van der Waals surface area contributed by atoms with Crippen molar-refractivity contribution < 1.29 is 22.7 Å². The Kier molecular flexibility index (Phi) is 11.7. The van der Waals surface area contributed by atoms with E-state index in [1.54, 1.807) is 54.6 Å². The minimum absolute atomic E-state index is 0.0252. The van der Waals surface area contributed by atoms with Crippen molar-refractivity contribution >= 4 is 50.7 Å². The Morgan fingerprint density at radius 3 is 2.06 bits per heavy atom. The highest BCUT2D eigenvalue weighted by atomic mass is 35.5. The number of carbonyl (C=O) groups is 2. The number of hydrogen-bond donors (Lipinski definition) is 1. The lowest BCUT2D eigenvalue weighted by Crippen LogP contribution is -2.53. The summed E-state index contributed by atoms with van der Waals surface area (Å²) in [6.45, 7) is 3.02. The van der Waals surface area contributed by atoms with Crippen LogP contribution in [0.1, 0.15) is 50.2 Å². The Bertz CT molecular complexity index is 1790. The fourth-order valence-electron chi connectivity index (χ4n) is 5.81. The number of nitrogens with one attached hydrogen (secondary N) is 1. The summed E-state index contributed by atoms with van der Waals surface area (Å²) in [5, 5.41) is 3.78. The van der Waals surface area contributed by atoms with E-state index in [1.165, 1.54) is 17.0 Å². The van der Waals surface area contributed by atoms with Gasteiger partial charge in [0.05, 0.1) is 10.6 Å². The average molecular weight is 709 g/mol. The van der Waals surface area contributed by atoms with Crippen LogP contribution in [0.2, 0.25) is 10.0 Å². The van der Waals surface area contributed by atoms with Crippen molar-refractivity contribution in [3.8, 4) is 11.5 Å². The van der Waals surface area contributed by atoms with Crippen LogP contribution in [-0.2, 0) is 26.2 Å². The van der Waals surface area contributed by atoms with Crippen molar-refractivity contribution in [2.45, 2.75) is 69.5 Å². The lowest BCUT2D eigenvalue weighted by molar-refractivity contribution is -0.140. The zero-order chi connectivity index (χ0) is 34.3. The minimum Gasteiger partial charge on any atom is -0.457 e. The summed E-state index contributed by atoms with van der Waals surface area (Å²) in [4.78, 5) is 29.6. The number of amides is 2. The van der Waals surface area contributed by atoms with Crippen molar-refractivity contribution in [1.82, 2.24) is 10.2 Å². The van der Waals surface area contributed by atoms with Crippen LogP contribution in [0.5, 0.6) is 11.5 Å². The van der Waals surface area contributed by atoms with Gasteiger partial charge in [0.1, 0.15) is 24.1 Å². The first-order valence-electron chi connectivity index (χ1n) is 16.0. The van der Waals surface area contributed by atoms with E-state index in [2.05, 4.69) is 5.32 Å². The molecule has 4 aromatic rings. The number of anilines is 1. The number of halogens is 2. The Morgan fingerprint density at radius 1 is 0.854 bits per heavy atom. The topological polar surface area (TPSA) is 96.0 Å². The Morgan fingerprint density at radius 2 is 1.46 bits per heavy atom. The van der Waals surface area contributed by atoms with Crippen LogP contribution >= 0.6 is 23.2 Å². The van der Waals surface area contributed by atoms with Crippen LogP contribution in [0.3, 0.4) is 0 Å². The van der Waals surface area contributed by atoms with E-state index in [9.17, 15) is 18.0 Å².